The number of esters is 1. The minimum absolute atomic E-state index is 0.0559. The quantitative estimate of drug-likeness (QED) is 0.397. The third-order valence-electron chi connectivity index (χ3n) is 5.52. The van der Waals surface area contributed by atoms with E-state index in [2.05, 4.69) is 0 Å². The van der Waals surface area contributed by atoms with E-state index in [0.29, 0.717) is 23.3 Å². The number of ketones is 1. The normalized spacial score (nSPS) is 23.4. The van der Waals surface area contributed by atoms with Crippen molar-refractivity contribution in [3.63, 3.8) is 0 Å². The highest BCUT2D eigenvalue weighted by Crippen LogP contribution is 2.62. The number of benzene rings is 2. The van der Waals surface area contributed by atoms with E-state index in [1.165, 1.54) is 0 Å². The van der Waals surface area contributed by atoms with Crippen LogP contribution in [-0.2, 0) is 24.8 Å². The number of Topliss-reactive ketones (excluding diaryl/α,β-unsaturated/α-hetero) is 1. The SMILES string of the molecule is CCOP(=O)(OCC)[C@@H]1C(=O)Oc2ccccc2[C@H]1[C@@H]1Cc2ccccc2C1=O. The maximum atomic E-state index is 13.7. The summed E-state index contributed by atoms with van der Waals surface area (Å²) in [6.45, 7) is 3.63. The molecule has 2 aliphatic rings. The second kappa shape index (κ2) is 7.86. The van der Waals surface area contributed by atoms with Crippen LogP contribution in [0.2, 0.25) is 0 Å². The van der Waals surface area contributed by atoms with Crippen LogP contribution in [0.3, 0.4) is 0 Å². The number of carbonyl (C=O) groups is 2. The lowest BCUT2D eigenvalue weighted by molar-refractivity contribution is -0.136. The average Bonchev–Trinajstić information content (AvgIpc) is 3.04. The first-order valence-electron chi connectivity index (χ1n) is 9.81. The summed E-state index contributed by atoms with van der Waals surface area (Å²) in [5.41, 5.74) is 1.07. The topological polar surface area (TPSA) is 78.9 Å². The number of hydrogen-bond acceptors (Lipinski definition) is 6. The van der Waals surface area contributed by atoms with Gasteiger partial charge in [-0.15, -0.1) is 0 Å². The van der Waals surface area contributed by atoms with Gasteiger partial charge in [-0.25, -0.2) is 0 Å². The predicted octanol–water partition coefficient (Wildman–Crippen LogP) is 4.38. The van der Waals surface area contributed by atoms with E-state index < -0.39 is 31.1 Å². The zero-order chi connectivity index (χ0) is 20.6. The minimum atomic E-state index is -3.86. The number of hydrogen-bond donors (Lipinski definition) is 0. The Morgan fingerprint density at radius 2 is 1.66 bits per heavy atom. The van der Waals surface area contributed by atoms with E-state index in [1.54, 1.807) is 32.0 Å². The highest BCUT2D eigenvalue weighted by Gasteiger charge is 2.56. The van der Waals surface area contributed by atoms with Crippen molar-refractivity contribution in [1.29, 1.82) is 0 Å². The first kappa shape index (κ1) is 20.0. The maximum absolute atomic E-state index is 13.7. The molecular formula is C22H23O6P. The van der Waals surface area contributed by atoms with Crippen molar-refractivity contribution >= 4 is 19.3 Å². The largest absolute Gasteiger partial charge is 0.426 e. The molecule has 2 aromatic carbocycles. The summed E-state index contributed by atoms with van der Waals surface area (Å²) in [4.78, 5) is 26.3. The molecule has 0 unspecified atom stereocenters. The summed E-state index contributed by atoms with van der Waals surface area (Å²) in [6.07, 6.45) is 0.468. The molecule has 0 spiro atoms. The standard InChI is InChI=1S/C22H23O6P/c1-3-26-29(25,27-4-2)21-19(16-11-7-8-12-18(16)28-22(21)24)17-13-14-9-5-6-10-15(14)20(17)23/h5-12,17,19,21H,3-4,13H2,1-2H3/t17-,19-,21-/m0/s1. The van der Waals surface area contributed by atoms with Gasteiger partial charge in [0.1, 0.15) is 5.75 Å². The minimum Gasteiger partial charge on any atom is -0.426 e. The van der Waals surface area contributed by atoms with Gasteiger partial charge in [-0.05, 0) is 31.9 Å². The molecule has 29 heavy (non-hydrogen) atoms. The fraction of sp³-hybridized carbons (Fsp3) is 0.364. The van der Waals surface area contributed by atoms with Crippen molar-refractivity contribution in [2.45, 2.75) is 31.8 Å². The fourth-order valence-electron chi connectivity index (χ4n) is 4.41. The summed E-state index contributed by atoms with van der Waals surface area (Å²) in [5, 5.41) is 0. The second-order valence-electron chi connectivity index (χ2n) is 7.14. The van der Waals surface area contributed by atoms with E-state index in [1.807, 2.05) is 30.3 Å². The number of carbonyl (C=O) groups excluding carboxylic acids is 2. The number of para-hydroxylation sites is 1. The zero-order valence-electron chi connectivity index (χ0n) is 16.4. The highest BCUT2D eigenvalue weighted by molar-refractivity contribution is 7.55. The average molecular weight is 414 g/mol. The molecule has 4 rings (SSSR count). The van der Waals surface area contributed by atoms with Gasteiger partial charge >= 0.3 is 13.6 Å². The molecule has 0 bridgehead atoms. The van der Waals surface area contributed by atoms with Gasteiger partial charge in [0, 0.05) is 23.0 Å². The van der Waals surface area contributed by atoms with Crippen LogP contribution < -0.4 is 4.74 Å². The summed E-state index contributed by atoms with van der Waals surface area (Å²) >= 11 is 0. The Hall–Kier alpha value is -2.27. The maximum Gasteiger partial charge on any atom is 0.345 e. The molecular weight excluding hydrogens is 391 g/mol. The third-order valence-corrected chi connectivity index (χ3v) is 7.97. The molecule has 1 heterocycles. The van der Waals surface area contributed by atoms with E-state index in [4.69, 9.17) is 13.8 Å². The molecule has 0 aromatic heterocycles. The number of ether oxygens (including phenoxy) is 1. The molecule has 1 aliphatic heterocycles. The predicted molar refractivity (Wildman–Crippen MR) is 107 cm³/mol. The lowest BCUT2D eigenvalue weighted by Crippen LogP contribution is -2.42. The number of rotatable bonds is 6. The van der Waals surface area contributed by atoms with Gasteiger partial charge in [0.2, 0.25) is 0 Å². The Balaban J connectivity index is 1.86. The summed E-state index contributed by atoms with van der Waals surface area (Å²) < 4.78 is 30.2. The van der Waals surface area contributed by atoms with Crippen molar-refractivity contribution in [2.24, 2.45) is 5.92 Å². The highest BCUT2D eigenvalue weighted by atomic mass is 31.2. The summed E-state index contributed by atoms with van der Waals surface area (Å²) in [6, 6.07) is 14.5. The van der Waals surface area contributed by atoms with Crippen LogP contribution in [0.4, 0.5) is 0 Å². The van der Waals surface area contributed by atoms with Gasteiger partial charge in [-0.2, -0.15) is 0 Å². The van der Waals surface area contributed by atoms with Crippen LogP contribution in [0.1, 0.15) is 41.3 Å². The van der Waals surface area contributed by atoms with Crippen LogP contribution in [0.15, 0.2) is 48.5 Å². The smallest absolute Gasteiger partial charge is 0.345 e. The van der Waals surface area contributed by atoms with Crippen molar-refractivity contribution in [3.8, 4) is 5.75 Å². The Morgan fingerprint density at radius 1 is 1.00 bits per heavy atom. The first-order valence-corrected chi connectivity index (χ1v) is 11.4. The lowest BCUT2D eigenvalue weighted by Gasteiger charge is -2.37. The van der Waals surface area contributed by atoms with Crippen LogP contribution in [0.25, 0.3) is 0 Å². The van der Waals surface area contributed by atoms with Crippen LogP contribution in [0, 0.1) is 5.92 Å². The van der Waals surface area contributed by atoms with Crippen LogP contribution in [0.5, 0.6) is 5.75 Å². The Morgan fingerprint density at radius 3 is 2.34 bits per heavy atom. The molecule has 0 saturated heterocycles. The molecule has 2 aromatic rings. The second-order valence-corrected chi connectivity index (χ2v) is 9.29. The van der Waals surface area contributed by atoms with Crippen molar-refractivity contribution in [2.75, 3.05) is 13.2 Å². The lowest BCUT2D eigenvalue weighted by atomic mass is 9.79. The van der Waals surface area contributed by atoms with Gasteiger partial charge in [-0.3, -0.25) is 14.2 Å². The molecule has 152 valence electrons. The van der Waals surface area contributed by atoms with E-state index >= 15 is 0 Å². The molecule has 0 fully saturated rings. The summed E-state index contributed by atoms with van der Waals surface area (Å²) in [5.74, 6) is -1.54. The van der Waals surface area contributed by atoms with E-state index in [-0.39, 0.29) is 19.0 Å². The fourth-order valence-corrected chi connectivity index (χ4v) is 6.60. The van der Waals surface area contributed by atoms with Crippen molar-refractivity contribution < 1.29 is 27.9 Å². The molecule has 6 nitrogen and oxygen atoms in total. The van der Waals surface area contributed by atoms with E-state index in [9.17, 15) is 14.2 Å². The van der Waals surface area contributed by atoms with Crippen molar-refractivity contribution in [3.05, 3.63) is 65.2 Å². The molecule has 7 heteroatoms. The Bertz CT molecular complexity index is 990. The molecule has 3 atom stereocenters. The Kier molecular flexibility index (Phi) is 5.43. The monoisotopic (exact) mass is 414 g/mol. The zero-order valence-corrected chi connectivity index (χ0v) is 17.3. The molecule has 0 radical (unpaired) electrons. The third kappa shape index (κ3) is 3.35. The van der Waals surface area contributed by atoms with Gasteiger partial charge < -0.3 is 13.8 Å². The molecule has 0 saturated carbocycles. The van der Waals surface area contributed by atoms with Crippen molar-refractivity contribution in [1.82, 2.24) is 0 Å². The molecule has 0 N–H and O–H groups in total. The van der Waals surface area contributed by atoms with Crippen LogP contribution >= 0.6 is 7.60 Å². The van der Waals surface area contributed by atoms with Gasteiger partial charge in [0.05, 0.1) is 13.2 Å². The van der Waals surface area contributed by atoms with Gasteiger partial charge in [0.15, 0.2) is 11.4 Å². The number of fused-ring (bicyclic) bond motifs is 2. The van der Waals surface area contributed by atoms with E-state index in [0.717, 1.165) is 5.56 Å². The van der Waals surface area contributed by atoms with Crippen LogP contribution in [-0.4, -0.2) is 30.6 Å². The molecule has 0 amide bonds. The first-order chi connectivity index (χ1) is 14.0. The molecule has 1 aliphatic carbocycles. The van der Waals surface area contributed by atoms with Gasteiger partial charge in [0.25, 0.3) is 0 Å². The summed E-state index contributed by atoms with van der Waals surface area (Å²) in [7, 11) is -3.86. The Labute approximate surface area is 169 Å². The van der Waals surface area contributed by atoms with Gasteiger partial charge in [-0.1, -0.05) is 42.5 Å².